The van der Waals surface area contributed by atoms with Crippen molar-refractivity contribution in [1.82, 2.24) is 5.32 Å². The molecule has 2 fully saturated rings. The highest BCUT2D eigenvalue weighted by Gasteiger charge is 2.27. The first kappa shape index (κ1) is 12.3. The standard InChI is InChI=1S/C11H21NO3S/c13-11-3-1-2-9(11)8-12-10-4-6-16(14,15)7-5-10/h9-13H,1-8H2. The minimum atomic E-state index is -2.75. The molecular weight excluding hydrogens is 226 g/mol. The van der Waals surface area contributed by atoms with Gasteiger partial charge in [-0.1, -0.05) is 6.42 Å². The number of aliphatic hydroxyl groups excluding tert-OH is 1. The lowest BCUT2D eigenvalue weighted by Crippen LogP contribution is -2.40. The smallest absolute Gasteiger partial charge is 0.150 e. The summed E-state index contributed by atoms with van der Waals surface area (Å²) in [5.74, 6) is 1.01. The van der Waals surface area contributed by atoms with Crippen LogP contribution in [0.3, 0.4) is 0 Å². The van der Waals surface area contributed by atoms with Crippen LogP contribution in [0.15, 0.2) is 0 Å². The van der Waals surface area contributed by atoms with Crippen molar-refractivity contribution in [2.75, 3.05) is 18.1 Å². The summed E-state index contributed by atoms with van der Waals surface area (Å²) in [7, 11) is -2.75. The second kappa shape index (κ2) is 5.02. The number of aliphatic hydroxyl groups is 1. The van der Waals surface area contributed by atoms with E-state index in [-0.39, 0.29) is 6.10 Å². The maximum absolute atomic E-state index is 11.2. The summed E-state index contributed by atoms with van der Waals surface area (Å²) in [5.41, 5.74) is 0. The molecule has 1 aliphatic heterocycles. The molecule has 0 aromatic heterocycles. The van der Waals surface area contributed by atoms with Crippen LogP contribution < -0.4 is 5.32 Å². The molecule has 2 rings (SSSR count). The normalized spacial score (nSPS) is 35.3. The Kier molecular flexibility index (Phi) is 3.87. The van der Waals surface area contributed by atoms with Crippen molar-refractivity contribution in [2.24, 2.45) is 5.92 Å². The van der Waals surface area contributed by atoms with Crippen LogP contribution >= 0.6 is 0 Å². The van der Waals surface area contributed by atoms with Gasteiger partial charge in [0.15, 0.2) is 0 Å². The van der Waals surface area contributed by atoms with Gasteiger partial charge in [-0.2, -0.15) is 0 Å². The van der Waals surface area contributed by atoms with Gasteiger partial charge in [0.2, 0.25) is 0 Å². The van der Waals surface area contributed by atoms with Crippen molar-refractivity contribution >= 4 is 9.84 Å². The van der Waals surface area contributed by atoms with Gasteiger partial charge < -0.3 is 10.4 Å². The molecular formula is C11H21NO3S. The summed E-state index contributed by atoms with van der Waals surface area (Å²) in [4.78, 5) is 0. The Morgan fingerprint density at radius 2 is 1.81 bits per heavy atom. The van der Waals surface area contributed by atoms with Crippen molar-refractivity contribution in [3.05, 3.63) is 0 Å². The molecule has 0 spiro atoms. The van der Waals surface area contributed by atoms with Gasteiger partial charge in [-0.25, -0.2) is 8.42 Å². The molecule has 1 aliphatic carbocycles. The van der Waals surface area contributed by atoms with Crippen LogP contribution in [0, 0.1) is 5.92 Å². The molecule has 2 atom stereocenters. The average molecular weight is 247 g/mol. The largest absolute Gasteiger partial charge is 0.393 e. The molecule has 94 valence electrons. The van der Waals surface area contributed by atoms with Gasteiger partial charge in [0.05, 0.1) is 17.6 Å². The summed E-state index contributed by atoms with van der Waals surface area (Å²) in [6.45, 7) is 0.839. The monoisotopic (exact) mass is 247 g/mol. The first-order valence-corrected chi connectivity index (χ1v) is 8.01. The number of sulfone groups is 1. The minimum Gasteiger partial charge on any atom is -0.393 e. The highest BCUT2D eigenvalue weighted by Crippen LogP contribution is 2.25. The van der Waals surface area contributed by atoms with Gasteiger partial charge in [0.25, 0.3) is 0 Å². The van der Waals surface area contributed by atoms with Crippen LogP contribution in [0.25, 0.3) is 0 Å². The first-order valence-electron chi connectivity index (χ1n) is 6.19. The Balaban J connectivity index is 1.71. The number of hydrogen-bond acceptors (Lipinski definition) is 4. The summed E-state index contributed by atoms with van der Waals surface area (Å²) >= 11 is 0. The predicted octanol–water partition coefficient (Wildman–Crippen LogP) is 0.314. The van der Waals surface area contributed by atoms with E-state index in [1.165, 1.54) is 0 Å². The van der Waals surface area contributed by atoms with Gasteiger partial charge in [-0.3, -0.25) is 0 Å². The Morgan fingerprint density at radius 3 is 2.38 bits per heavy atom. The van der Waals surface area contributed by atoms with Crippen molar-refractivity contribution in [1.29, 1.82) is 0 Å². The predicted molar refractivity (Wildman–Crippen MR) is 63.0 cm³/mol. The van der Waals surface area contributed by atoms with Gasteiger partial charge in [-0.05, 0) is 31.6 Å². The van der Waals surface area contributed by atoms with Crippen LogP contribution in [0.2, 0.25) is 0 Å². The molecule has 0 bridgehead atoms. The topological polar surface area (TPSA) is 66.4 Å². The zero-order chi connectivity index (χ0) is 11.6. The molecule has 0 aromatic rings. The minimum absolute atomic E-state index is 0.153. The van der Waals surface area contributed by atoms with Gasteiger partial charge in [-0.15, -0.1) is 0 Å². The van der Waals surface area contributed by atoms with Gasteiger partial charge in [0, 0.05) is 12.6 Å². The highest BCUT2D eigenvalue weighted by atomic mass is 32.2. The molecule has 16 heavy (non-hydrogen) atoms. The van der Waals surface area contributed by atoms with Gasteiger partial charge >= 0.3 is 0 Å². The fourth-order valence-electron chi connectivity index (χ4n) is 2.67. The van der Waals surface area contributed by atoms with Crippen LogP contribution in [0.5, 0.6) is 0 Å². The second-order valence-electron chi connectivity index (χ2n) is 5.09. The fraction of sp³-hybridized carbons (Fsp3) is 1.00. The van der Waals surface area contributed by atoms with E-state index in [2.05, 4.69) is 5.32 Å². The second-order valence-corrected chi connectivity index (χ2v) is 7.40. The maximum Gasteiger partial charge on any atom is 0.150 e. The van der Waals surface area contributed by atoms with E-state index < -0.39 is 9.84 Å². The molecule has 1 saturated carbocycles. The van der Waals surface area contributed by atoms with E-state index >= 15 is 0 Å². The van der Waals surface area contributed by atoms with Crippen molar-refractivity contribution in [3.8, 4) is 0 Å². The van der Waals surface area contributed by atoms with Crippen molar-refractivity contribution in [2.45, 2.75) is 44.2 Å². The summed E-state index contributed by atoms with van der Waals surface area (Å²) in [5, 5.41) is 13.1. The lowest BCUT2D eigenvalue weighted by molar-refractivity contribution is 0.129. The Labute approximate surface area is 97.3 Å². The van der Waals surface area contributed by atoms with Crippen LogP contribution in [0.1, 0.15) is 32.1 Å². The van der Waals surface area contributed by atoms with Crippen molar-refractivity contribution in [3.63, 3.8) is 0 Å². The summed E-state index contributed by atoms with van der Waals surface area (Å²) < 4.78 is 22.5. The molecule has 1 heterocycles. The first-order chi connectivity index (χ1) is 7.57. The fourth-order valence-corrected chi connectivity index (χ4v) is 4.16. The van der Waals surface area contributed by atoms with E-state index in [4.69, 9.17) is 0 Å². The van der Waals surface area contributed by atoms with E-state index in [0.717, 1.165) is 38.6 Å². The lowest BCUT2D eigenvalue weighted by Gasteiger charge is -2.25. The average Bonchev–Trinajstić information content (AvgIpc) is 2.63. The Morgan fingerprint density at radius 1 is 1.12 bits per heavy atom. The quantitative estimate of drug-likeness (QED) is 0.753. The number of hydrogen-bond donors (Lipinski definition) is 2. The van der Waals surface area contributed by atoms with Crippen molar-refractivity contribution < 1.29 is 13.5 Å². The van der Waals surface area contributed by atoms with Gasteiger partial charge in [0.1, 0.15) is 9.84 Å². The van der Waals surface area contributed by atoms with E-state index in [9.17, 15) is 13.5 Å². The molecule has 2 aliphatic rings. The van der Waals surface area contributed by atoms with Crippen LogP contribution in [0.4, 0.5) is 0 Å². The third-order valence-electron chi connectivity index (χ3n) is 3.84. The molecule has 2 unspecified atom stereocenters. The van der Waals surface area contributed by atoms with E-state index in [1.807, 2.05) is 0 Å². The molecule has 1 saturated heterocycles. The molecule has 0 radical (unpaired) electrons. The molecule has 0 aromatic carbocycles. The third-order valence-corrected chi connectivity index (χ3v) is 5.56. The molecule has 0 amide bonds. The number of nitrogens with one attached hydrogen (secondary N) is 1. The van der Waals surface area contributed by atoms with E-state index in [1.54, 1.807) is 0 Å². The lowest BCUT2D eigenvalue weighted by atomic mass is 10.0. The zero-order valence-electron chi connectivity index (χ0n) is 9.56. The molecule has 2 N–H and O–H groups in total. The highest BCUT2D eigenvalue weighted by molar-refractivity contribution is 7.91. The zero-order valence-corrected chi connectivity index (χ0v) is 10.4. The Bertz CT molecular complexity index is 314. The number of rotatable bonds is 3. The SMILES string of the molecule is O=S1(=O)CCC(NCC2CCCC2O)CC1. The Hall–Kier alpha value is -0.130. The molecule has 5 heteroatoms. The summed E-state index contributed by atoms with van der Waals surface area (Å²) in [6.07, 6.45) is 4.44. The van der Waals surface area contributed by atoms with E-state index in [0.29, 0.717) is 23.5 Å². The van der Waals surface area contributed by atoms with Crippen LogP contribution in [-0.4, -0.2) is 43.7 Å². The maximum atomic E-state index is 11.2. The molecule has 4 nitrogen and oxygen atoms in total. The summed E-state index contributed by atoms with van der Waals surface area (Å²) in [6, 6.07) is 0.330. The van der Waals surface area contributed by atoms with Crippen LogP contribution in [-0.2, 0) is 9.84 Å². The third kappa shape index (κ3) is 3.18.